The number of rotatable bonds is 4. The van der Waals surface area contributed by atoms with Gasteiger partial charge in [0.1, 0.15) is 0 Å². The monoisotopic (exact) mass is 296 g/mol. The van der Waals surface area contributed by atoms with E-state index in [1.165, 1.54) is 0 Å². The molecule has 1 heterocycles. The van der Waals surface area contributed by atoms with Crippen LogP contribution in [0.4, 0.5) is 0 Å². The Morgan fingerprint density at radius 1 is 0.750 bits per heavy atom. The van der Waals surface area contributed by atoms with Crippen molar-refractivity contribution in [3.8, 4) is 0 Å². The van der Waals surface area contributed by atoms with E-state index in [1.807, 2.05) is 21.6 Å². The van der Waals surface area contributed by atoms with Crippen LogP contribution < -0.4 is 0 Å². The Hall–Kier alpha value is 1.05. The van der Waals surface area contributed by atoms with Crippen LogP contribution in [0.2, 0.25) is 39.3 Å². The zero-order valence-electron chi connectivity index (χ0n) is 11.2. The first kappa shape index (κ1) is 15.1. The lowest BCUT2D eigenvalue weighted by molar-refractivity contribution is 0.0734. The van der Waals surface area contributed by atoms with E-state index in [0.717, 1.165) is 11.5 Å². The van der Waals surface area contributed by atoms with Crippen LogP contribution in [0.1, 0.15) is 0 Å². The Labute approximate surface area is 110 Å². The summed E-state index contributed by atoms with van der Waals surface area (Å²) in [6, 6.07) is 0. The van der Waals surface area contributed by atoms with Crippen LogP contribution in [0.15, 0.2) is 0 Å². The van der Waals surface area contributed by atoms with Crippen LogP contribution in [0.5, 0.6) is 0 Å². The Kier molecular flexibility index (Phi) is 5.47. The standard InChI is InChI=1S/C10H24O2S2Si2/c1-15(2,3)11-9-7-13-14-8-10(9)12-16(4,5)6/h9-10H,7-8H2,1-6H3. The Bertz CT molecular complexity index is 202. The van der Waals surface area contributed by atoms with Gasteiger partial charge in [0.2, 0.25) is 0 Å². The smallest absolute Gasteiger partial charge is 0.184 e. The third-order valence-corrected chi connectivity index (χ3v) is 6.40. The van der Waals surface area contributed by atoms with Gasteiger partial charge in [0.05, 0.1) is 12.2 Å². The van der Waals surface area contributed by atoms with Crippen molar-refractivity contribution in [2.45, 2.75) is 51.5 Å². The maximum absolute atomic E-state index is 6.24. The molecule has 1 aliphatic rings. The van der Waals surface area contributed by atoms with Crippen molar-refractivity contribution in [2.24, 2.45) is 0 Å². The van der Waals surface area contributed by atoms with Gasteiger partial charge in [0, 0.05) is 11.5 Å². The summed E-state index contributed by atoms with van der Waals surface area (Å²) in [5.74, 6) is 2.15. The highest BCUT2D eigenvalue weighted by Crippen LogP contribution is 2.34. The third kappa shape index (κ3) is 6.11. The maximum atomic E-state index is 6.24. The van der Waals surface area contributed by atoms with Gasteiger partial charge in [0.15, 0.2) is 16.6 Å². The third-order valence-electron chi connectivity index (χ3n) is 1.97. The molecular formula is C10H24O2S2Si2. The summed E-state index contributed by atoms with van der Waals surface area (Å²) in [5, 5.41) is 0. The predicted octanol–water partition coefficient (Wildman–Crippen LogP) is 3.82. The van der Waals surface area contributed by atoms with Gasteiger partial charge in [-0.05, 0) is 39.3 Å². The summed E-state index contributed by atoms with van der Waals surface area (Å²) in [7, 11) is 0.948. The van der Waals surface area contributed by atoms with E-state index in [1.54, 1.807) is 0 Å². The SMILES string of the molecule is C[Si](C)(C)OC1CSSCC1O[Si](C)(C)C. The molecule has 0 spiro atoms. The van der Waals surface area contributed by atoms with Gasteiger partial charge in [0.25, 0.3) is 0 Å². The van der Waals surface area contributed by atoms with E-state index in [4.69, 9.17) is 8.85 Å². The highest BCUT2D eigenvalue weighted by molar-refractivity contribution is 8.76. The quantitative estimate of drug-likeness (QED) is 0.579. The molecule has 0 aromatic carbocycles. The maximum Gasteiger partial charge on any atom is 0.184 e. The second-order valence-electron chi connectivity index (χ2n) is 6.11. The van der Waals surface area contributed by atoms with Crippen molar-refractivity contribution >= 4 is 38.2 Å². The molecule has 2 nitrogen and oxygen atoms in total. The van der Waals surface area contributed by atoms with E-state index in [2.05, 4.69) is 39.3 Å². The van der Waals surface area contributed by atoms with Crippen LogP contribution in [0.25, 0.3) is 0 Å². The van der Waals surface area contributed by atoms with Crippen LogP contribution in [0.3, 0.4) is 0 Å². The van der Waals surface area contributed by atoms with E-state index in [9.17, 15) is 0 Å². The minimum atomic E-state index is -1.45. The first-order valence-corrected chi connectivity index (χ1v) is 15.1. The van der Waals surface area contributed by atoms with E-state index >= 15 is 0 Å². The van der Waals surface area contributed by atoms with Gasteiger partial charge in [-0.1, -0.05) is 21.6 Å². The lowest BCUT2D eigenvalue weighted by Crippen LogP contribution is -2.48. The minimum absolute atomic E-state index is 0.310. The topological polar surface area (TPSA) is 18.5 Å². The second-order valence-corrected chi connectivity index (χ2v) is 17.6. The van der Waals surface area contributed by atoms with Gasteiger partial charge >= 0.3 is 0 Å². The van der Waals surface area contributed by atoms with E-state index < -0.39 is 16.6 Å². The molecule has 0 aliphatic carbocycles. The van der Waals surface area contributed by atoms with Crippen molar-refractivity contribution in [1.82, 2.24) is 0 Å². The highest BCUT2D eigenvalue weighted by atomic mass is 33.1. The number of hydrogen-bond donors (Lipinski definition) is 0. The van der Waals surface area contributed by atoms with Gasteiger partial charge in [-0.2, -0.15) is 0 Å². The molecule has 1 aliphatic heterocycles. The molecule has 1 saturated heterocycles. The molecule has 6 heteroatoms. The average Bonchev–Trinajstić information content (AvgIpc) is 2.03. The minimum Gasteiger partial charge on any atom is -0.411 e. The highest BCUT2D eigenvalue weighted by Gasteiger charge is 2.34. The Balaban J connectivity index is 2.57. The summed E-state index contributed by atoms with van der Waals surface area (Å²) < 4.78 is 12.5. The lowest BCUT2D eigenvalue weighted by Gasteiger charge is -2.38. The fourth-order valence-corrected chi connectivity index (χ4v) is 6.51. The molecule has 2 atom stereocenters. The summed E-state index contributed by atoms with van der Waals surface area (Å²) in [4.78, 5) is 0. The molecule has 16 heavy (non-hydrogen) atoms. The van der Waals surface area contributed by atoms with Crippen LogP contribution in [-0.4, -0.2) is 40.3 Å². The van der Waals surface area contributed by atoms with E-state index in [-0.39, 0.29) is 0 Å². The molecule has 0 saturated carbocycles. The fraction of sp³-hybridized carbons (Fsp3) is 1.00. The van der Waals surface area contributed by atoms with Crippen molar-refractivity contribution in [3.63, 3.8) is 0 Å². The summed E-state index contributed by atoms with van der Waals surface area (Å²) >= 11 is 0. The fourth-order valence-electron chi connectivity index (χ4n) is 1.57. The normalized spacial score (nSPS) is 28.1. The summed E-state index contributed by atoms with van der Waals surface area (Å²) in [5.41, 5.74) is 0. The predicted molar refractivity (Wildman–Crippen MR) is 81.4 cm³/mol. The molecule has 0 aromatic rings. The van der Waals surface area contributed by atoms with Crippen molar-refractivity contribution in [2.75, 3.05) is 11.5 Å². The zero-order chi connectivity index (χ0) is 12.4. The largest absolute Gasteiger partial charge is 0.411 e. The molecule has 0 amide bonds. The first-order chi connectivity index (χ1) is 7.17. The molecule has 0 N–H and O–H groups in total. The van der Waals surface area contributed by atoms with E-state index in [0.29, 0.717) is 12.2 Å². The molecular weight excluding hydrogens is 272 g/mol. The molecule has 0 bridgehead atoms. The zero-order valence-corrected chi connectivity index (χ0v) is 14.8. The molecule has 0 radical (unpaired) electrons. The molecule has 1 fully saturated rings. The lowest BCUT2D eigenvalue weighted by atomic mass is 10.3. The summed E-state index contributed by atoms with van der Waals surface area (Å²) in [6.45, 7) is 13.5. The van der Waals surface area contributed by atoms with Crippen molar-refractivity contribution in [1.29, 1.82) is 0 Å². The number of hydrogen-bond acceptors (Lipinski definition) is 4. The van der Waals surface area contributed by atoms with Gasteiger partial charge < -0.3 is 8.85 Å². The molecule has 0 aromatic heterocycles. The second kappa shape index (κ2) is 5.80. The van der Waals surface area contributed by atoms with Crippen LogP contribution in [0, 0.1) is 0 Å². The molecule has 2 unspecified atom stereocenters. The van der Waals surface area contributed by atoms with Gasteiger partial charge in [-0.3, -0.25) is 0 Å². The summed E-state index contributed by atoms with van der Waals surface area (Å²) in [6.07, 6.45) is 0.620. The first-order valence-electron chi connectivity index (χ1n) is 5.77. The van der Waals surface area contributed by atoms with Crippen molar-refractivity contribution < 1.29 is 8.85 Å². The van der Waals surface area contributed by atoms with Crippen molar-refractivity contribution in [3.05, 3.63) is 0 Å². The Morgan fingerprint density at radius 2 is 1.06 bits per heavy atom. The van der Waals surface area contributed by atoms with Crippen LogP contribution in [-0.2, 0) is 8.85 Å². The van der Waals surface area contributed by atoms with Gasteiger partial charge in [-0.15, -0.1) is 0 Å². The Morgan fingerprint density at radius 3 is 1.31 bits per heavy atom. The molecule has 96 valence electrons. The van der Waals surface area contributed by atoms with Gasteiger partial charge in [-0.25, -0.2) is 0 Å². The van der Waals surface area contributed by atoms with Crippen LogP contribution >= 0.6 is 21.6 Å². The molecule has 1 rings (SSSR count). The average molecular weight is 297 g/mol.